The number of anilines is 1. The van der Waals surface area contributed by atoms with E-state index in [1.165, 1.54) is 12.3 Å². The average molecular weight is 318 g/mol. The van der Waals surface area contributed by atoms with Crippen LogP contribution in [0, 0.1) is 5.92 Å². The molecular weight excluding hydrogens is 297 g/mol. The minimum atomic E-state index is -4.39. The van der Waals surface area contributed by atoms with Gasteiger partial charge in [0.05, 0.1) is 5.56 Å². The van der Waals surface area contributed by atoms with Crippen molar-refractivity contribution in [2.75, 3.05) is 38.3 Å². The number of pyridine rings is 1. The van der Waals surface area contributed by atoms with Gasteiger partial charge in [0.25, 0.3) is 0 Å². The van der Waals surface area contributed by atoms with Crippen molar-refractivity contribution in [3.8, 4) is 0 Å². The molecule has 1 aliphatic heterocycles. The Hall–Kier alpha value is -1.34. The zero-order valence-electron chi connectivity index (χ0n) is 12.4. The quantitative estimate of drug-likeness (QED) is 0.783. The summed E-state index contributed by atoms with van der Waals surface area (Å²) in [7, 11) is 0. The maximum atomic E-state index is 12.8. The standard InChI is InChI=1S/C15H21F3N2O2/c16-15(17,18)13-3-1-6-19-14(13)20-7-2-8-22-11-12-4-9-21-10-5-12/h1,3,6,12H,2,4-5,7-11H2,(H,19,20). The Labute approximate surface area is 128 Å². The summed E-state index contributed by atoms with van der Waals surface area (Å²) < 4.78 is 49.1. The highest BCUT2D eigenvalue weighted by molar-refractivity contribution is 5.45. The van der Waals surface area contributed by atoms with Crippen LogP contribution in [0.25, 0.3) is 0 Å². The van der Waals surface area contributed by atoms with Gasteiger partial charge in [0.2, 0.25) is 0 Å². The Kier molecular flexibility index (Phi) is 6.45. The predicted octanol–water partition coefficient (Wildman–Crippen LogP) is 3.35. The van der Waals surface area contributed by atoms with Crippen LogP contribution in [0.3, 0.4) is 0 Å². The first kappa shape index (κ1) is 17.0. The summed E-state index contributed by atoms with van der Waals surface area (Å²) in [4.78, 5) is 3.75. The Morgan fingerprint density at radius 3 is 2.82 bits per heavy atom. The van der Waals surface area contributed by atoms with Crippen LogP contribution >= 0.6 is 0 Å². The van der Waals surface area contributed by atoms with Gasteiger partial charge in [0.1, 0.15) is 5.82 Å². The maximum absolute atomic E-state index is 12.8. The molecular formula is C15H21F3N2O2. The van der Waals surface area contributed by atoms with E-state index in [9.17, 15) is 13.2 Å². The van der Waals surface area contributed by atoms with Crippen LogP contribution in [0.4, 0.5) is 19.0 Å². The lowest BCUT2D eigenvalue weighted by molar-refractivity contribution is -0.137. The summed E-state index contributed by atoms with van der Waals surface area (Å²) in [5, 5.41) is 2.73. The minimum absolute atomic E-state index is 0.126. The summed E-state index contributed by atoms with van der Waals surface area (Å²) in [6.45, 7) is 3.19. The van der Waals surface area contributed by atoms with Gasteiger partial charge in [-0.1, -0.05) is 0 Å². The molecule has 0 bridgehead atoms. The maximum Gasteiger partial charge on any atom is 0.419 e. The van der Waals surface area contributed by atoms with E-state index in [2.05, 4.69) is 10.3 Å². The van der Waals surface area contributed by atoms with Crippen LogP contribution in [0.15, 0.2) is 18.3 Å². The number of halogens is 3. The third-order valence-corrected chi connectivity index (χ3v) is 3.57. The molecule has 2 rings (SSSR count). The van der Waals surface area contributed by atoms with Crippen molar-refractivity contribution in [1.29, 1.82) is 0 Å². The third-order valence-electron chi connectivity index (χ3n) is 3.57. The highest BCUT2D eigenvalue weighted by Gasteiger charge is 2.33. The van der Waals surface area contributed by atoms with Gasteiger partial charge in [0.15, 0.2) is 0 Å². The van der Waals surface area contributed by atoms with E-state index in [1.807, 2.05) is 0 Å². The van der Waals surface area contributed by atoms with Gasteiger partial charge in [-0.05, 0) is 37.3 Å². The van der Waals surface area contributed by atoms with Gasteiger partial charge in [-0.25, -0.2) is 4.98 Å². The number of rotatable bonds is 7. The first-order valence-electron chi connectivity index (χ1n) is 7.49. The van der Waals surface area contributed by atoms with Crippen molar-refractivity contribution in [3.63, 3.8) is 0 Å². The van der Waals surface area contributed by atoms with Crippen LogP contribution in [0.5, 0.6) is 0 Å². The molecule has 1 saturated heterocycles. The average Bonchev–Trinajstić information content (AvgIpc) is 2.51. The molecule has 0 aromatic carbocycles. The second-order valence-electron chi connectivity index (χ2n) is 5.31. The highest BCUT2D eigenvalue weighted by atomic mass is 19.4. The molecule has 0 unspecified atom stereocenters. The minimum Gasteiger partial charge on any atom is -0.381 e. The van der Waals surface area contributed by atoms with Crippen molar-refractivity contribution in [2.24, 2.45) is 5.92 Å². The topological polar surface area (TPSA) is 43.4 Å². The SMILES string of the molecule is FC(F)(F)c1cccnc1NCCCOCC1CCOCC1. The monoisotopic (exact) mass is 318 g/mol. The first-order valence-corrected chi connectivity index (χ1v) is 7.49. The van der Waals surface area contributed by atoms with Crippen LogP contribution in [-0.2, 0) is 15.7 Å². The fourth-order valence-electron chi connectivity index (χ4n) is 2.32. The van der Waals surface area contributed by atoms with E-state index >= 15 is 0 Å². The fourth-order valence-corrected chi connectivity index (χ4v) is 2.32. The molecule has 0 saturated carbocycles. The zero-order chi connectivity index (χ0) is 15.8. The molecule has 0 spiro atoms. The molecule has 4 nitrogen and oxygen atoms in total. The second-order valence-corrected chi connectivity index (χ2v) is 5.31. The largest absolute Gasteiger partial charge is 0.419 e. The van der Waals surface area contributed by atoms with Gasteiger partial charge in [-0.15, -0.1) is 0 Å². The lowest BCUT2D eigenvalue weighted by Gasteiger charge is -2.21. The molecule has 124 valence electrons. The van der Waals surface area contributed by atoms with Gasteiger partial charge in [-0.3, -0.25) is 0 Å². The van der Waals surface area contributed by atoms with Gasteiger partial charge < -0.3 is 14.8 Å². The molecule has 22 heavy (non-hydrogen) atoms. The summed E-state index contributed by atoms with van der Waals surface area (Å²) >= 11 is 0. The lowest BCUT2D eigenvalue weighted by atomic mass is 10.0. The van der Waals surface area contributed by atoms with E-state index < -0.39 is 11.7 Å². The Bertz CT molecular complexity index is 449. The summed E-state index contributed by atoms with van der Waals surface area (Å²) in [5.41, 5.74) is -0.738. The number of hydrogen-bond acceptors (Lipinski definition) is 4. The molecule has 1 fully saturated rings. The number of nitrogens with one attached hydrogen (secondary N) is 1. The molecule has 2 heterocycles. The van der Waals surface area contributed by atoms with Crippen molar-refractivity contribution in [2.45, 2.75) is 25.4 Å². The number of nitrogens with zero attached hydrogens (tertiary/aromatic N) is 1. The summed E-state index contributed by atoms with van der Waals surface area (Å²) in [6, 6.07) is 2.31. The number of alkyl halides is 3. The van der Waals surface area contributed by atoms with Crippen LogP contribution in [0.1, 0.15) is 24.8 Å². The van der Waals surface area contributed by atoms with Crippen LogP contribution in [-0.4, -0.2) is 38.0 Å². The molecule has 0 radical (unpaired) electrons. The Balaban J connectivity index is 1.64. The predicted molar refractivity (Wildman–Crippen MR) is 76.7 cm³/mol. The van der Waals surface area contributed by atoms with E-state index in [0.29, 0.717) is 32.1 Å². The normalized spacial score (nSPS) is 16.7. The lowest BCUT2D eigenvalue weighted by Crippen LogP contribution is -2.20. The molecule has 1 aliphatic rings. The van der Waals surface area contributed by atoms with Crippen molar-refractivity contribution >= 4 is 5.82 Å². The van der Waals surface area contributed by atoms with Gasteiger partial charge >= 0.3 is 6.18 Å². The molecule has 1 N–H and O–H groups in total. The van der Waals surface area contributed by atoms with E-state index in [4.69, 9.17) is 9.47 Å². The second kappa shape index (κ2) is 8.33. The smallest absolute Gasteiger partial charge is 0.381 e. The molecule has 0 amide bonds. The molecule has 0 aliphatic carbocycles. The number of ether oxygens (including phenoxy) is 2. The highest BCUT2D eigenvalue weighted by Crippen LogP contribution is 2.33. The Morgan fingerprint density at radius 1 is 1.32 bits per heavy atom. The zero-order valence-corrected chi connectivity index (χ0v) is 12.4. The molecule has 1 aromatic heterocycles. The van der Waals surface area contributed by atoms with Gasteiger partial charge in [-0.2, -0.15) is 13.2 Å². The Morgan fingerprint density at radius 2 is 2.09 bits per heavy atom. The molecule has 7 heteroatoms. The number of hydrogen-bond donors (Lipinski definition) is 1. The molecule has 1 aromatic rings. The van der Waals surface area contributed by atoms with Crippen LogP contribution in [0.2, 0.25) is 0 Å². The van der Waals surface area contributed by atoms with E-state index in [1.54, 1.807) is 0 Å². The van der Waals surface area contributed by atoms with E-state index in [-0.39, 0.29) is 5.82 Å². The summed E-state index contributed by atoms with van der Waals surface area (Å²) in [6.07, 6.45) is -0.380. The summed E-state index contributed by atoms with van der Waals surface area (Å²) in [5.74, 6) is 0.411. The van der Waals surface area contributed by atoms with Crippen LogP contribution < -0.4 is 5.32 Å². The third kappa shape index (κ3) is 5.46. The van der Waals surface area contributed by atoms with Crippen molar-refractivity contribution in [1.82, 2.24) is 4.98 Å². The van der Waals surface area contributed by atoms with Gasteiger partial charge in [0, 0.05) is 39.2 Å². The van der Waals surface area contributed by atoms with E-state index in [0.717, 1.165) is 32.1 Å². The molecule has 0 atom stereocenters. The number of aromatic nitrogens is 1. The van der Waals surface area contributed by atoms with Crippen molar-refractivity contribution in [3.05, 3.63) is 23.9 Å². The first-order chi connectivity index (χ1) is 10.6. The van der Waals surface area contributed by atoms with Crippen molar-refractivity contribution < 1.29 is 22.6 Å². The fraction of sp³-hybridized carbons (Fsp3) is 0.667.